The summed E-state index contributed by atoms with van der Waals surface area (Å²) in [6, 6.07) is 2.77. The van der Waals surface area contributed by atoms with E-state index in [2.05, 4.69) is 0 Å². The third-order valence-electron chi connectivity index (χ3n) is 1.58. The van der Waals surface area contributed by atoms with Crippen molar-refractivity contribution < 1.29 is 4.92 Å². The van der Waals surface area contributed by atoms with E-state index < -0.39 is 4.92 Å². The zero-order valence-electron chi connectivity index (χ0n) is 6.37. The summed E-state index contributed by atoms with van der Waals surface area (Å²) in [6.45, 7) is 1.57. The Hall–Kier alpha value is -1.29. The van der Waals surface area contributed by atoms with Crippen molar-refractivity contribution in [3.8, 4) is 0 Å². The van der Waals surface area contributed by atoms with E-state index in [4.69, 9.17) is 17.3 Å². The van der Waals surface area contributed by atoms with Crippen molar-refractivity contribution in [2.75, 3.05) is 5.73 Å². The van der Waals surface area contributed by atoms with Gasteiger partial charge >= 0.3 is 0 Å². The van der Waals surface area contributed by atoms with Gasteiger partial charge in [-0.1, -0.05) is 11.6 Å². The molecule has 0 saturated carbocycles. The van der Waals surface area contributed by atoms with Crippen LogP contribution in [-0.4, -0.2) is 4.92 Å². The molecular weight excluding hydrogens is 180 g/mol. The van der Waals surface area contributed by atoms with E-state index in [-0.39, 0.29) is 10.7 Å². The topological polar surface area (TPSA) is 69.2 Å². The first kappa shape index (κ1) is 8.80. The van der Waals surface area contributed by atoms with Gasteiger partial charge in [0.05, 0.1) is 15.6 Å². The fourth-order valence-corrected chi connectivity index (χ4v) is 1.05. The van der Waals surface area contributed by atoms with Gasteiger partial charge in [-0.3, -0.25) is 10.1 Å². The molecule has 0 fully saturated rings. The van der Waals surface area contributed by atoms with Crippen LogP contribution in [0.15, 0.2) is 12.1 Å². The zero-order valence-corrected chi connectivity index (χ0v) is 7.13. The molecule has 0 aromatic heterocycles. The maximum absolute atomic E-state index is 10.4. The maximum atomic E-state index is 10.4. The largest absolute Gasteiger partial charge is 0.398 e. The van der Waals surface area contributed by atoms with E-state index in [1.54, 1.807) is 6.92 Å². The van der Waals surface area contributed by atoms with Crippen molar-refractivity contribution in [3.05, 3.63) is 32.8 Å². The summed E-state index contributed by atoms with van der Waals surface area (Å²) in [7, 11) is 0. The Balaban J connectivity index is 3.36. The van der Waals surface area contributed by atoms with Crippen molar-refractivity contribution in [3.63, 3.8) is 0 Å². The lowest BCUT2D eigenvalue weighted by Gasteiger charge is -2.01. The SMILES string of the molecule is Cc1c([N+](=O)[O-])ccc(N)c1Cl. The molecule has 0 spiro atoms. The number of nitrogen functional groups attached to an aromatic ring is 1. The summed E-state index contributed by atoms with van der Waals surface area (Å²) in [6.07, 6.45) is 0. The van der Waals surface area contributed by atoms with Gasteiger partial charge in [-0.05, 0) is 13.0 Å². The van der Waals surface area contributed by atoms with Crippen LogP contribution in [-0.2, 0) is 0 Å². The Morgan fingerprint density at radius 1 is 1.58 bits per heavy atom. The standard InChI is InChI=1S/C7H7ClN2O2/c1-4-6(10(11)12)3-2-5(9)7(4)8/h2-3H,9H2,1H3. The van der Waals surface area contributed by atoms with Crippen LogP contribution in [0.5, 0.6) is 0 Å². The third kappa shape index (κ3) is 1.33. The first-order valence-corrected chi connectivity index (χ1v) is 3.61. The quantitative estimate of drug-likeness (QED) is 0.415. The van der Waals surface area contributed by atoms with Crippen molar-refractivity contribution in [2.45, 2.75) is 6.92 Å². The number of halogens is 1. The molecule has 1 aromatic carbocycles. The first-order chi connectivity index (χ1) is 5.54. The number of hydrogen-bond donors (Lipinski definition) is 1. The number of nitrogens with two attached hydrogens (primary N) is 1. The van der Waals surface area contributed by atoms with Crippen LogP contribution in [0.25, 0.3) is 0 Å². The number of hydrogen-bond acceptors (Lipinski definition) is 3. The third-order valence-corrected chi connectivity index (χ3v) is 2.09. The number of rotatable bonds is 1. The fourth-order valence-electron chi connectivity index (χ4n) is 0.894. The molecular formula is C7H7ClN2O2. The van der Waals surface area contributed by atoms with Crippen molar-refractivity contribution in [2.24, 2.45) is 0 Å². The van der Waals surface area contributed by atoms with E-state index in [0.29, 0.717) is 11.3 Å². The van der Waals surface area contributed by atoms with E-state index >= 15 is 0 Å². The summed E-state index contributed by atoms with van der Waals surface area (Å²) in [5.74, 6) is 0. The minimum atomic E-state index is -0.485. The number of anilines is 1. The Labute approximate surface area is 74.1 Å². The predicted octanol–water partition coefficient (Wildman–Crippen LogP) is 2.14. The molecule has 0 bridgehead atoms. The van der Waals surface area contributed by atoms with Crippen molar-refractivity contribution in [1.29, 1.82) is 0 Å². The summed E-state index contributed by atoms with van der Waals surface area (Å²) in [5.41, 5.74) is 6.19. The second-order valence-corrected chi connectivity index (χ2v) is 2.75. The van der Waals surface area contributed by atoms with Gasteiger partial charge in [0.25, 0.3) is 5.69 Å². The van der Waals surface area contributed by atoms with E-state index in [0.717, 1.165) is 0 Å². The molecule has 2 N–H and O–H groups in total. The Kier molecular flexibility index (Phi) is 2.19. The highest BCUT2D eigenvalue weighted by Crippen LogP contribution is 2.29. The summed E-state index contributed by atoms with van der Waals surface area (Å²) < 4.78 is 0. The minimum absolute atomic E-state index is 0.00537. The average molecular weight is 187 g/mol. The number of benzene rings is 1. The fraction of sp³-hybridized carbons (Fsp3) is 0.143. The molecule has 0 amide bonds. The van der Waals surface area contributed by atoms with Crippen molar-refractivity contribution in [1.82, 2.24) is 0 Å². The van der Waals surface area contributed by atoms with Crippen LogP contribution in [0.2, 0.25) is 5.02 Å². The molecule has 12 heavy (non-hydrogen) atoms. The van der Waals surface area contributed by atoms with E-state index in [1.165, 1.54) is 12.1 Å². The number of nitro benzene ring substituents is 1. The molecule has 1 rings (SSSR count). The predicted molar refractivity (Wildman–Crippen MR) is 47.3 cm³/mol. The molecule has 64 valence electrons. The van der Waals surface area contributed by atoms with Gasteiger partial charge in [-0.15, -0.1) is 0 Å². The summed E-state index contributed by atoms with van der Waals surface area (Å²) in [5, 5.41) is 10.6. The van der Waals surface area contributed by atoms with Gasteiger partial charge in [0.1, 0.15) is 0 Å². The maximum Gasteiger partial charge on any atom is 0.273 e. The Bertz CT molecular complexity index is 338. The molecule has 0 heterocycles. The molecule has 0 aliphatic rings. The molecule has 4 nitrogen and oxygen atoms in total. The lowest BCUT2D eigenvalue weighted by Crippen LogP contribution is -1.95. The summed E-state index contributed by atoms with van der Waals surface area (Å²) >= 11 is 5.70. The van der Waals surface area contributed by atoms with Crippen molar-refractivity contribution >= 4 is 23.0 Å². The van der Waals surface area contributed by atoms with Crippen LogP contribution >= 0.6 is 11.6 Å². The van der Waals surface area contributed by atoms with Crippen LogP contribution in [0.4, 0.5) is 11.4 Å². The van der Waals surface area contributed by atoms with Crippen LogP contribution in [0.3, 0.4) is 0 Å². The normalized spacial score (nSPS) is 9.83. The van der Waals surface area contributed by atoms with E-state index in [1.807, 2.05) is 0 Å². The lowest BCUT2D eigenvalue weighted by molar-refractivity contribution is -0.385. The van der Waals surface area contributed by atoms with Gasteiger partial charge in [-0.2, -0.15) is 0 Å². The highest BCUT2D eigenvalue weighted by molar-refractivity contribution is 6.34. The minimum Gasteiger partial charge on any atom is -0.398 e. The van der Waals surface area contributed by atoms with Crippen LogP contribution < -0.4 is 5.73 Å². The number of nitro groups is 1. The lowest BCUT2D eigenvalue weighted by atomic mass is 10.2. The second-order valence-electron chi connectivity index (χ2n) is 2.37. The molecule has 0 radical (unpaired) electrons. The zero-order chi connectivity index (χ0) is 9.30. The highest BCUT2D eigenvalue weighted by atomic mass is 35.5. The van der Waals surface area contributed by atoms with Gasteiger partial charge in [0, 0.05) is 11.6 Å². The van der Waals surface area contributed by atoms with Crippen LogP contribution in [0.1, 0.15) is 5.56 Å². The van der Waals surface area contributed by atoms with Crippen LogP contribution in [0, 0.1) is 17.0 Å². The van der Waals surface area contributed by atoms with Gasteiger partial charge in [0.15, 0.2) is 0 Å². The molecule has 0 saturated heterocycles. The monoisotopic (exact) mass is 186 g/mol. The molecule has 1 aromatic rings. The highest BCUT2D eigenvalue weighted by Gasteiger charge is 2.13. The van der Waals surface area contributed by atoms with Gasteiger partial charge in [0.2, 0.25) is 0 Å². The molecule has 5 heteroatoms. The van der Waals surface area contributed by atoms with E-state index in [9.17, 15) is 10.1 Å². The van der Waals surface area contributed by atoms with Gasteiger partial charge < -0.3 is 5.73 Å². The average Bonchev–Trinajstić information content (AvgIpc) is 2.00. The van der Waals surface area contributed by atoms with Gasteiger partial charge in [-0.25, -0.2) is 0 Å². The molecule has 0 atom stereocenters. The molecule has 0 unspecified atom stereocenters. The Morgan fingerprint density at radius 2 is 2.17 bits per heavy atom. The smallest absolute Gasteiger partial charge is 0.273 e. The second kappa shape index (κ2) is 2.98. The molecule has 0 aliphatic carbocycles. The summed E-state index contributed by atoms with van der Waals surface area (Å²) in [4.78, 5) is 9.91. The number of nitrogens with zero attached hydrogens (tertiary/aromatic N) is 1. The first-order valence-electron chi connectivity index (χ1n) is 3.23. The Morgan fingerprint density at radius 3 is 2.67 bits per heavy atom. The molecule has 0 aliphatic heterocycles.